The Morgan fingerprint density at radius 3 is 2.55 bits per heavy atom. The number of nitrogens with two attached hydrogens (primary N) is 1. The molecule has 0 amide bonds. The van der Waals surface area contributed by atoms with Gasteiger partial charge in [0.1, 0.15) is 0 Å². The Morgan fingerprint density at radius 2 is 1.90 bits per heavy atom. The molecular formula is C15H15N5. The molecule has 0 spiro atoms. The Balaban J connectivity index is 1.97. The minimum Gasteiger partial charge on any atom is -0.368 e. The zero-order chi connectivity index (χ0) is 13.9. The van der Waals surface area contributed by atoms with Crippen LogP contribution in [0.3, 0.4) is 0 Å². The molecule has 0 saturated heterocycles. The lowest BCUT2D eigenvalue weighted by molar-refractivity contribution is 1.06. The topological polar surface area (TPSA) is 76.5 Å². The summed E-state index contributed by atoms with van der Waals surface area (Å²) in [7, 11) is 0. The van der Waals surface area contributed by atoms with Crippen molar-refractivity contribution in [2.45, 2.75) is 19.8 Å². The quantitative estimate of drug-likeness (QED) is 0.906. The van der Waals surface area contributed by atoms with E-state index >= 15 is 0 Å². The highest BCUT2D eigenvalue weighted by atomic mass is 15.2. The molecule has 1 aromatic heterocycles. The van der Waals surface area contributed by atoms with Crippen LogP contribution in [-0.2, 0) is 0 Å². The second kappa shape index (κ2) is 5.21. The number of nitrogens with zero attached hydrogens (tertiary/aromatic N) is 4. The van der Waals surface area contributed by atoms with E-state index in [4.69, 9.17) is 5.73 Å². The summed E-state index contributed by atoms with van der Waals surface area (Å²) < 4.78 is 0. The van der Waals surface area contributed by atoms with E-state index in [-0.39, 0.29) is 5.95 Å². The number of nitrogen functional groups attached to an aromatic ring is 1. The predicted molar refractivity (Wildman–Crippen MR) is 80.9 cm³/mol. The summed E-state index contributed by atoms with van der Waals surface area (Å²) in [6, 6.07) is 6.27. The highest BCUT2D eigenvalue weighted by Gasteiger charge is 2.09. The van der Waals surface area contributed by atoms with E-state index in [1.807, 2.05) is 6.21 Å². The first kappa shape index (κ1) is 12.5. The van der Waals surface area contributed by atoms with Crippen LogP contribution in [0.1, 0.15) is 24.0 Å². The van der Waals surface area contributed by atoms with Gasteiger partial charge in [-0.1, -0.05) is 12.1 Å². The third kappa shape index (κ3) is 2.42. The summed E-state index contributed by atoms with van der Waals surface area (Å²) in [5.41, 5.74) is 10.9. The van der Waals surface area contributed by atoms with E-state index in [0.29, 0.717) is 0 Å². The molecule has 0 atom stereocenters. The van der Waals surface area contributed by atoms with Gasteiger partial charge in [0.05, 0.1) is 5.71 Å². The molecule has 100 valence electrons. The zero-order valence-electron chi connectivity index (χ0n) is 11.2. The highest BCUT2D eigenvalue weighted by Crippen LogP contribution is 2.24. The van der Waals surface area contributed by atoms with E-state index < -0.39 is 0 Å². The van der Waals surface area contributed by atoms with Crippen LogP contribution in [0.15, 0.2) is 40.8 Å². The summed E-state index contributed by atoms with van der Waals surface area (Å²) in [5, 5.41) is 8.18. The molecule has 2 aromatic rings. The van der Waals surface area contributed by atoms with Gasteiger partial charge in [-0.15, -0.1) is 0 Å². The molecule has 0 radical (unpaired) electrons. The maximum absolute atomic E-state index is 5.51. The first-order chi connectivity index (χ1) is 9.74. The van der Waals surface area contributed by atoms with Gasteiger partial charge in [-0.25, -0.2) is 9.97 Å². The molecule has 1 aromatic carbocycles. The van der Waals surface area contributed by atoms with Crippen molar-refractivity contribution in [3.8, 4) is 11.1 Å². The smallest absolute Gasteiger partial charge is 0.219 e. The fraction of sp³-hybridized carbons (Fsp3) is 0.200. The van der Waals surface area contributed by atoms with Crippen molar-refractivity contribution in [3.63, 3.8) is 0 Å². The van der Waals surface area contributed by atoms with E-state index in [1.165, 1.54) is 0 Å². The molecule has 20 heavy (non-hydrogen) atoms. The lowest BCUT2D eigenvalue weighted by Crippen LogP contribution is -2.05. The maximum atomic E-state index is 5.51. The Hall–Kier alpha value is -2.56. The third-order valence-corrected chi connectivity index (χ3v) is 3.31. The molecule has 5 heteroatoms. The SMILES string of the molecule is Cc1cc(C2=NN=CCC2)ccc1-c1cnc(N)nc1. The van der Waals surface area contributed by atoms with Crippen LogP contribution in [-0.4, -0.2) is 21.9 Å². The van der Waals surface area contributed by atoms with Gasteiger partial charge in [-0.3, -0.25) is 0 Å². The van der Waals surface area contributed by atoms with Crippen LogP contribution in [0.2, 0.25) is 0 Å². The number of aromatic nitrogens is 2. The first-order valence-electron chi connectivity index (χ1n) is 6.51. The Labute approximate surface area is 117 Å². The zero-order valence-corrected chi connectivity index (χ0v) is 11.2. The van der Waals surface area contributed by atoms with Crippen molar-refractivity contribution in [1.29, 1.82) is 0 Å². The molecule has 2 N–H and O–H groups in total. The second-order valence-electron chi connectivity index (χ2n) is 4.74. The second-order valence-corrected chi connectivity index (χ2v) is 4.74. The van der Waals surface area contributed by atoms with Gasteiger partial charge in [0.15, 0.2) is 0 Å². The molecule has 0 aliphatic carbocycles. The molecule has 0 fully saturated rings. The van der Waals surface area contributed by atoms with Gasteiger partial charge in [0.25, 0.3) is 0 Å². The molecule has 0 bridgehead atoms. The van der Waals surface area contributed by atoms with E-state index in [1.54, 1.807) is 12.4 Å². The van der Waals surface area contributed by atoms with Crippen molar-refractivity contribution in [3.05, 3.63) is 41.7 Å². The van der Waals surface area contributed by atoms with Gasteiger partial charge in [0.2, 0.25) is 5.95 Å². The molecular weight excluding hydrogens is 250 g/mol. The van der Waals surface area contributed by atoms with Crippen LogP contribution in [0.25, 0.3) is 11.1 Å². The normalized spacial score (nSPS) is 14.2. The highest BCUT2D eigenvalue weighted by molar-refractivity contribution is 6.02. The fourth-order valence-corrected chi connectivity index (χ4v) is 2.27. The minimum absolute atomic E-state index is 0.289. The van der Waals surface area contributed by atoms with E-state index in [9.17, 15) is 0 Å². The van der Waals surface area contributed by atoms with Gasteiger partial charge >= 0.3 is 0 Å². The number of aryl methyl sites for hydroxylation is 1. The van der Waals surface area contributed by atoms with E-state index in [0.717, 1.165) is 40.8 Å². The summed E-state index contributed by atoms with van der Waals surface area (Å²) in [6.45, 7) is 2.07. The first-order valence-corrected chi connectivity index (χ1v) is 6.51. The fourth-order valence-electron chi connectivity index (χ4n) is 2.27. The van der Waals surface area contributed by atoms with Crippen molar-refractivity contribution >= 4 is 17.9 Å². The molecule has 0 unspecified atom stereocenters. The van der Waals surface area contributed by atoms with Gasteiger partial charge in [-0.05, 0) is 42.5 Å². The average Bonchev–Trinajstić information content (AvgIpc) is 2.49. The largest absolute Gasteiger partial charge is 0.368 e. The maximum Gasteiger partial charge on any atom is 0.219 e. The van der Waals surface area contributed by atoms with Gasteiger partial charge in [0, 0.05) is 24.2 Å². The predicted octanol–water partition coefficient (Wildman–Crippen LogP) is 2.60. The molecule has 5 nitrogen and oxygen atoms in total. The average molecular weight is 265 g/mol. The monoisotopic (exact) mass is 265 g/mol. The van der Waals surface area contributed by atoms with Gasteiger partial charge in [-0.2, -0.15) is 10.2 Å². The molecule has 3 rings (SSSR count). The number of anilines is 1. The summed E-state index contributed by atoms with van der Waals surface area (Å²) in [5.74, 6) is 0.289. The van der Waals surface area contributed by atoms with Crippen LogP contribution in [0.5, 0.6) is 0 Å². The molecule has 1 aliphatic heterocycles. The molecule has 0 saturated carbocycles. The minimum atomic E-state index is 0.289. The lowest BCUT2D eigenvalue weighted by atomic mass is 9.97. The van der Waals surface area contributed by atoms with Crippen molar-refractivity contribution in [2.75, 3.05) is 5.73 Å². The van der Waals surface area contributed by atoms with Crippen LogP contribution in [0, 0.1) is 6.92 Å². The summed E-state index contributed by atoms with van der Waals surface area (Å²) >= 11 is 0. The summed E-state index contributed by atoms with van der Waals surface area (Å²) in [4.78, 5) is 8.07. The van der Waals surface area contributed by atoms with Crippen molar-refractivity contribution in [2.24, 2.45) is 10.2 Å². The van der Waals surface area contributed by atoms with Crippen molar-refractivity contribution < 1.29 is 0 Å². The van der Waals surface area contributed by atoms with Crippen LogP contribution >= 0.6 is 0 Å². The Kier molecular flexibility index (Phi) is 3.25. The number of rotatable bonds is 2. The summed E-state index contributed by atoms with van der Waals surface area (Å²) in [6.07, 6.45) is 7.22. The Morgan fingerprint density at radius 1 is 1.10 bits per heavy atom. The van der Waals surface area contributed by atoms with Gasteiger partial charge < -0.3 is 5.73 Å². The molecule has 2 heterocycles. The number of hydrogen-bond donors (Lipinski definition) is 1. The number of hydrogen-bond acceptors (Lipinski definition) is 5. The number of benzene rings is 1. The standard InChI is InChI=1S/C15H15N5/c1-10-7-11(14-3-2-6-19-20-14)4-5-13(10)12-8-17-15(16)18-9-12/h4-9H,2-3H2,1H3,(H2,16,17,18). The third-order valence-electron chi connectivity index (χ3n) is 3.31. The van der Waals surface area contributed by atoms with Crippen LogP contribution < -0.4 is 5.73 Å². The Bertz CT molecular complexity index is 686. The molecule has 1 aliphatic rings. The van der Waals surface area contributed by atoms with E-state index in [2.05, 4.69) is 45.3 Å². The van der Waals surface area contributed by atoms with Crippen molar-refractivity contribution in [1.82, 2.24) is 9.97 Å². The van der Waals surface area contributed by atoms with Crippen LogP contribution in [0.4, 0.5) is 5.95 Å². The lowest BCUT2D eigenvalue weighted by Gasteiger charge is -2.11.